The van der Waals surface area contributed by atoms with E-state index in [9.17, 15) is 4.79 Å². The van der Waals surface area contributed by atoms with Crippen LogP contribution in [0.3, 0.4) is 0 Å². The van der Waals surface area contributed by atoms with Crippen LogP contribution in [0.15, 0.2) is 48.5 Å². The summed E-state index contributed by atoms with van der Waals surface area (Å²) in [6.45, 7) is 2.96. The third-order valence-corrected chi connectivity index (χ3v) is 6.12. The molecule has 5 heteroatoms. The second kappa shape index (κ2) is 7.56. The van der Waals surface area contributed by atoms with Crippen LogP contribution >= 0.6 is 11.3 Å². The lowest BCUT2D eigenvalue weighted by molar-refractivity contribution is 0.0600. The van der Waals surface area contributed by atoms with E-state index >= 15 is 0 Å². The Labute approximate surface area is 157 Å². The maximum atomic E-state index is 11.7. The summed E-state index contributed by atoms with van der Waals surface area (Å²) >= 11 is 1.82. The van der Waals surface area contributed by atoms with Crippen LogP contribution in [0, 0.1) is 0 Å². The number of methoxy groups -OCH3 is 1. The molecular formula is C21H22N2O2S. The zero-order chi connectivity index (χ0) is 17.9. The molecule has 1 aromatic heterocycles. The predicted molar refractivity (Wildman–Crippen MR) is 105 cm³/mol. The summed E-state index contributed by atoms with van der Waals surface area (Å²) in [5, 5.41) is 1.25. The van der Waals surface area contributed by atoms with Crippen molar-refractivity contribution >= 4 is 27.5 Å². The summed E-state index contributed by atoms with van der Waals surface area (Å²) in [4.78, 5) is 19.1. The minimum atomic E-state index is -0.280. The number of likely N-dealkylation sites (tertiary alicyclic amines) is 1. The van der Waals surface area contributed by atoms with Crippen LogP contribution < -0.4 is 0 Å². The number of esters is 1. The molecule has 3 aromatic rings. The van der Waals surface area contributed by atoms with Gasteiger partial charge in [0.05, 0.1) is 27.9 Å². The zero-order valence-corrected chi connectivity index (χ0v) is 15.7. The lowest BCUT2D eigenvalue weighted by Gasteiger charge is -2.31. The van der Waals surface area contributed by atoms with Gasteiger partial charge in [0.25, 0.3) is 0 Å². The maximum absolute atomic E-state index is 11.7. The van der Waals surface area contributed by atoms with Crippen molar-refractivity contribution in [3.05, 3.63) is 64.7 Å². The van der Waals surface area contributed by atoms with Crippen LogP contribution in [0.2, 0.25) is 0 Å². The van der Waals surface area contributed by atoms with Crippen LogP contribution in [0.1, 0.15) is 39.7 Å². The number of ether oxygens (including phenoxy) is 1. The van der Waals surface area contributed by atoms with Gasteiger partial charge in [0.15, 0.2) is 0 Å². The number of thiazole rings is 1. The molecule has 0 saturated carbocycles. The van der Waals surface area contributed by atoms with Crippen molar-refractivity contribution in [1.29, 1.82) is 0 Å². The summed E-state index contributed by atoms with van der Waals surface area (Å²) in [5.41, 5.74) is 2.87. The van der Waals surface area contributed by atoms with E-state index in [1.165, 1.54) is 29.7 Å². The predicted octanol–water partition coefficient (Wildman–Crippen LogP) is 4.46. The second-order valence-corrected chi connectivity index (χ2v) is 7.85. The molecule has 0 unspecified atom stereocenters. The normalized spacial score (nSPS) is 18.1. The van der Waals surface area contributed by atoms with Crippen molar-refractivity contribution in [3.63, 3.8) is 0 Å². The van der Waals surface area contributed by atoms with Gasteiger partial charge in [-0.25, -0.2) is 9.78 Å². The van der Waals surface area contributed by atoms with Crippen molar-refractivity contribution < 1.29 is 9.53 Å². The SMILES string of the molecule is COC(=O)c1cccc(CN2CCC[C@H](c3nc4ccccc4s3)C2)c1. The van der Waals surface area contributed by atoms with E-state index in [1.54, 1.807) is 6.07 Å². The molecule has 0 bridgehead atoms. The van der Waals surface area contributed by atoms with Crippen LogP contribution in [-0.2, 0) is 11.3 Å². The number of para-hydroxylation sites is 1. The minimum Gasteiger partial charge on any atom is -0.465 e. The highest BCUT2D eigenvalue weighted by atomic mass is 32.1. The summed E-state index contributed by atoms with van der Waals surface area (Å²) in [6, 6.07) is 16.1. The van der Waals surface area contributed by atoms with E-state index < -0.39 is 0 Å². The van der Waals surface area contributed by atoms with E-state index in [4.69, 9.17) is 9.72 Å². The third kappa shape index (κ3) is 3.64. The van der Waals surface area contributed by atoms with Gasteiger partial charge in [0.2, 0.25) is 0 Å². The molecule has 26 heavy (non-hydrogen) atoms. The fraction of sp³-hybridized carbons (Fsp3) is 0.333. The molecule has 4 nitrogen and oxygen atoms in total. The molecule has 0 aliphatic carbocycles. The van der Waals surface area contributed by atoms with Crippen molar-refractivity contribution in [2.45, 2.75) is 25.3 Å². The van der Waals surface area contributed by atoms with Crippen LogP contribution in [0.4, 0.5) is 0 Å². The molecule has 1 aliphatic rings. The molecule has 0 N–H and O–H groups in total. The first kappa shape index (κ1) is 17.2. The van der Waals surface area contributed by atoms with Crippen LogP contribution in [0.25, 0.3) is 10.2 Å². The average molecular weight is 366 g/mol. The number of hydrogen-bond acceptors (Lipinski definition) is 5. The monoisotopic (exact) mass is 366 g/mol. The van der Waals surface area contributed by atoms with E-state index in [0.29, 0.717) is 11.5 Å². The van der Waals surface area contributed by atoms with Gasteiger partial charge in [0, 0.05) is 19.0 Å². The highest BCUT2D eigenvalue weighted by molar-refractivity contribution is 7.18. The maximum Gasteiger partial charge on any atom is 0.337 e. The molecule has 0 radical (unpaired) electrons. The van der Waals surface area contributed by atoms with Crippen molar-refractivity contribution in [3.8, 4) is 0 Å². The van der Waals surface area contributed by atoms with Gasteiger partial charge in [-0.2, -0.15) is 0 Å². The highest BCUT2D eigenvalue weighted by Gasteiger charge is 2.24. The molecule has 4 rings (SSSR count). The number of carbonyl (C=O) groups is 1. The Morgan fingerprint density at radius 1 is 1.27 bits per heavy atom. The van der Waals surface area contributed by atoms with E-state index in [1.807, 2.05) is 29.5 Å². The molecule has 2 heterocycles. The highest BCUT2D eigenvalue weighted by Crippen LogP contribution is 2.33. The summed E-state index contributed by atoms with van der Waals surface area (Å²) in [5.74, 6) is 0.211. The van der Waals surface area contributed by atoms with Gasteiger partial charge in [-0.05, 0) is 49.2 Å². The lowest BCUT2D eigenvalue weighted by atomic mass is 9.98. The molecule has 0 spiro atoms. The summed E-state index contributed by atoms with van der Waals surface area (Å²) in [6.07, 6.45) is 2.37. The first-order valence-corrected chi connectivity index (χ1v) is 9.79. The summed E-state index contributed by atoms with van der Waals surface area (Å²) in [7, 11) is 1.42. The van der Waals surface area contributed by atoms with E-state index in [0.717, 1.165) is 30.7 Å². The van der Waals surface area contributed by atoms with Gasteiger partial charge in [-0.15, -0.1) is 11.3 Å². The quantitative estimate of drug-likeness (QED) is 0.639. The number of piperidine rings is 1. The van der Waals surface area contributed by atoms with Gasteiger partial charge >= 0.3 is 5.97 Å². The number of hydrogen-bond donors (Lipinski definition) is 0. The van der Waals surface area contributed by atoms with Gasteiger partial charge in [-0.3, -0.25) is 4.90 Å². The standard InChI is InChI=1S/C21H22N2O2S/c1-25-21(24)16-7-4-6-15(12-16)13-23-11-5-8-17(14-23)20-22-18-9-2-3-10-19(18)26-20/h2-4,6-7,9-10,12,17H,5,8,11,13-14H2,1H3/t17-/m0/s1. The number of carbonyl (C=O) groups excluding carboxylic acids is 1. The number of rotatable bonds is 4. The Hall–Kier alpha value is -2.24. The summed E-state index contributed by atoms with van der Waals surface area (Å²) < 4.78 is 6.09. The fourth-order valence-corrected chi connectivity index (χ4v) is 4.73. The Morgan fingerprint density at radius 2 is 2.15 bits per heavy atom. The van der Waals surface area contributed by atoms with Crippen molar-refractivity contribution in [1.82, 2.24) is 9.88 Å². The smallest absolute Gasteiger partial charge is 0.337 e. The van der Waals surface area contributed by atoms with E-state index in [-0.39, 0.29) is 5.97 Å². The molecule has 134 valence electrons. The molecule has 1 atom stereocenters. The fourth-order valence-electron chi connectivity index (χ4n) is 3.64. The van der Waals surface area contributed by atoms with Crippen LogP contribution in [-0.4, -0.2) is 36.1 Å². The molecular weight excluding hydrogens is 344 g/mol. The Morgan fingerprint density at radius 3 is 3.00 bits per heavy atom. The molecule has 1 fully saturated rings. The third-order valence-electron chi connectivity index (χ3n) is 4.92. The lowest BCUT2D eigenvalue weighted by Crippen LogP contribution is -2.33. The van der Waals surface area contributed by atoms with Gasteiger partial charge in [0.1, 0.15) is 0 Å². The number of nitrogens with zero attached hydrogens (tertiary/aromatic N) is 2. The number of benzene rings is 2. The van der Waals surface area contributed by atoms with Crippen molar-refractivity contribution in [2.75, 3.05) is 20.2 Å². The van der Waals surface area contributed by atoms with Gasteiger partial charge in [-0.1, -0.05) is 24.3 Å². The molecule has 1 aliphatic heterocycles. The Bertz CT molecular complexity index is 888. The average Bonchev–Trinajstić information content (AvgIpc) is 3.12. The first-order valence-electron chi connectivity index (χ1n) is 8.98. The number of fused-ring (bicyclic) bond motifs is 1. The van der Waals surface area contributed by atoms with Crippen molar-refractivity contribution in [2.24, 2.45) is 0 Å². The molecule has 1 saturated heterocycles. The minimum absolute atomic E-state index is 0.280. The Balaban J connectivity index is 1.47. The largest absolute Gasteiger partial charge is 0.465 e. The number of aromatic nitrogens is 1. The van der Waals surface area contributed by atoms with E-state index in [2.05, 4.69) is 29.2 Å². The molecule has 0 amide bonds. The first-order chi connectivity index (χ1) is 12.7. The second-order valence-electron chi connectivity index (χ2n) is 6.79. The zero-order valence-electron chi connectivity index (χ0n) is 14.9. The van der Waals surface area contributed by atoms with Crippen LogP contribution in [0.5, 0.6) is 0 Å². The molecule has 2 aromatic carbocycles. The topological polar surface area (TPSA) is 42.4 Å². The van der Waals surface area contributed by atoms with Gasteiger partial charge < -0.3 is 4.74 Å². The Kier molecular flexibility index (Phi) is 5.00.